The van der Waals surface area contributed by atoms with Crippen molar-refractivity contribution in [2.45, 2.75) is 32.7 Å². The molecule has 112 valence electrons. The number of hydrogen-bond donors (Lipinski definition) is 1. The van der Waals surface area contributed by atoms with Gasteiger partial charge in [0.2, 0.25) is 0 Å². The molecule has 1 aromatic carbocycles. The summed E-state index contributed by atoms with van der Waals surface area (Å²) >= 11 is 0. The summed E-state index contributed by atoms with van der Waals surface area (Å²) in [6.07, 6.45) is 1.71. The molecule has 0 saturated carbocycles. The van der Waals surface area contributed by atoms with E-state index in [1.807, 2.05) is 6.92 Å². The van der Waals surface area contributed by atoms with Gasteiger partial charge in [0, 0.05) is 0 Å². The molecule has 0 saturated heterocycles. The third kappa shape index (κ3) is 3.11. The molecule has 1 heterocycles. The van der Waals surface area contributed by atoms with Crippen LogP contribution in [-0.2, 0) is 9.53 Å². The number of unbranched alkanes of at least 4 members (excludes halogenated alkanes) is 1. The lowest BCUT2D eigenvalue weighted by Crippen LogP contribution is -2.50. The first-order chi connectivity index (χ1) is 10.1. The summed E-state index contributed by atoms with van der Waals surface area (Å²) in [4.78, 5) is 36.0. The van der Waals surface area contributed by atoms with Crippen molar-refractivity contribution in [3.05, 3.63) is 35.4 Å². The van der Waals surface area contributed by atoms with Gasteiger partial charge in [0.05, 0.1) is 17.7 Å². The number of fused-ring (bicyclic) bond motifs is 1. The molecule has 1 aliphatic heterocycles. The highest BCUT2D eigenvalue weighted by Crippen LogP contribution is 2.20. The van der Waals surface area contributed by atoms with Crippen molar-refractivity contribution in [3.63, 3.8) is 0 Å². The van der Waals surface area contributed by atoms with Crippen molar-refractivity contribution in [2.75, 3.05) is 6.61 Å². The average Bonchev–Trinajstić information content (AvgIpc) is 2.73. The van der Waals surface area contributed by atoms with E-state index in [4.69, 9.17) is 4.74 Å². The highest BCUT2D eigenvalue weighted by Gasteiger charge is 2.37. The number of carbonyl (C=O) groups is 3. The van der Waals surface area contributed by atoms with Gasteiger partial charge in [-0.15, -0.1) is 0 Å². The Morgan fingerprint density at radius 3 is 2.33 bits per heavy atom. The smallest absolute Gasteiger partial charge is 0.324 e. The van der Waals surface area contributed by atoms with Crippen molar-refractivity contribution >= 4 is 17.8 Å². The molecule has 0 aromatic heterocycles. The van der Waals surface area contributed by atoms with Gasteiger partial charge in [-0.2, -0.15) is 0 Å². The molecule has 2 rings (SSSR count). The van der Waals surface area contributed by atoms with Crippen molar-refractivity contribution in [2.24, 2.45) is 0 Å². The Hall–Kier alpha value is -2.21. The number of nitrogens with zero attached hydrogens (tertiary/aromatic N) is 1. The number of hydrogen-bond acceptors (Lipinski definition) is 5. The number of rotatable bonds is 6. The third-order valence-electron chi connectivity index (χ3n) is 3.21. The fraction of sp³-hybridized carbons (Fsp3) is 0.400. The van der Waals surface area contributed by atoms with E-state index in [0.717, 1.165) is 17.9 Å². The quantitative estimate of drug-likeness (QED) is 0.488. The SMILES string of the molecule is CCCCOC(=O)[C@H](C)NN1C(=O)c2ccccc2C1=O. The van der Waals surface area contributed by atoms with Crippen LogP contribution in [0.2, 0.25) is 0 Å². The summed E-state index contributed by atoms with van der Waals surface area (Å²) in [5, 5.41) is 0.871. The zero-order valence-corrected chi connectivity index (χ0v) is 12.1. The van der Waals surface area contributed by atoms with Crippen molar-refractivity contribution in [1.29, 1.82) is 0 Å². The van der Waals surface area contributed by atoms with Crippen molar-refractivity contribution in [1.82, 2.24) is 10.4 Å². The first kappa shape index (κ1) is 15.2. The monoisotopic (exact) mass is 290 g/mol. The zero-order chi connectivity index (χ0) is 15.4. The Morgan fingerprint density at radius 2 is 1.81 bits per heavy atom. The average molecular weight is 290 g/mol. The van der Waals surface area contributed by atoms with Crippen LogP contribution in [0.1, 0.15) is 47.4 Å². The summed E-state index contributed by atoms with van der Waals surface area (Å²) in [5.74, 6) is -1.40. The highest BCUT2D eigenvalue weighted by atomic mass is 16.5. The van der Waals surface area contributed by atoms with Gasteiger partial charge in [0.15, 0.2) is 0 Å². The van der Waals surface area contributed by atoms with Crippen LogP contribution in [0.5, 0.6) is 0 Å². The van der Waals surface area contributed by atoms with Crippen LogP contribution in [0, 0.1) is 0 Å². The molecule has 1 aromatic rings. The minimum Gasteiger partial charge on any atom is -0.464 e. The Morgan fingerprint density at radius 1 is 1.24 bits per heavy atom. The van der Waals surface area contributed by atoms with E-state index < -0.39 is 23.8 Å². The topological polar surface area (TPSA) is 75.7 Å². The molecule has 6 heteroatoms. The number of ether oxygens (including phenoxy) is 1. The molecule has 0 radical (unpaired) electrons. The molecular formula is C15H18N2O4. The Bertz CT molecular complexity index is 536. The molecule has 6 nitrogen and oxygen atoms in total. The molecule has 0 fully saturated rings. The predicted octanol–water partition coefficient (Wildman–Crippen LogP) is 1.52. The highest BCUT2D eigenvalue weighted by molar-refractivity contribution is 6.21. The van der Waals surface area contributed by atoms with Crippen LogP contribution in [0.25, 0.3) is 0 Å². The third-order valence-corrected chi connectivity index (χ3v) is 3.21. The van der Waals surface area contributed by atoms with Gasteiger partial charge in [-0.25, -0.2) is 10.4 Å². The second kappa shape index (κ2) is 6.49. The van der Waals surface area contributed by atoms with E-state index in [2.05, 4.69) is 5.43 Å². The largest absolute Gasteiger partial charge is 0.464 e. The van der Waals surface area contributed by atoms with Gasteiger partial charge in [0.1, 0.15) is 6.04 Å². The predicted molar refractivity (Wildman–Crippen MR) is 75.4 cm³/mol. The number of nitrogens with one attached hydrogen (secondary N) is 1. The second-order valence-corrected chi connectivity index (χ2v) is 4.86. The van der Waals surface area contributed by atoms with Crippen molar-refractivity contribution in [3.8, 4) is 0 Å². The second-order valence-electron chi connectivity index (χ2n) is 4.86. The maximum atomic E-state index is 12.1. The molecule has 0 unspecified atom stereocenters. The molecule has 2 amide bonds. The number of esters is 1. The van der Waals surface area contributed by atoms with Gasteiger partial charge in [-0.05, 0) is 25.5 Å². The fourth-order valence-electron chi connectivity index (χ4n) is 1.99. The lowest BCUT2D eigenvalue weighted by atomic mass is 10.1. The van der Waals surface area contributed by atoms with Gasteiger partial charge >= 0.3 is 5.97 Å². The van der Waals surface area contributed by atoms with Crippen LogP contribution in [-0.4, -0.2) is 35.4 Å². The number of carbonyl (C=O) groups excluding carboxylic acids is 3. The lowest BCUT2D eigenvalue weighted by Gasteiger charge is -2.20. The summed E-state index contributed by atoms with van der Waals surface area (Å²) in [5.41, 5.74) is 3.28. The molecule has 0 bridgehead atoms. The van der Waals surface area contributed by atoms with Crippen molar-refractivity contribution < 1.29 is 19.1 Å². The molecule has 0 spiro atoms. The number of amides is 2. The van der Waals surface area contributed by atoms with E-state index >= 15 is 0 Å². The Kier molecular flexibility index (Phi) is 4.70. The maximum absolute atomic E-state index is 12.1. The minimum atomic E-state index is -0.774. The van der Waals surface area contributed by atoms with Gasteiger partial charge < -0.3 is 4.74 Å². The standard InChI is InChI=1S/C15H18N2O4/c1-3-4-9-21-15(20)10(2)16-17-13(18)11-7-5-6-8-12(11)14(17)19/h5-8,10,16H,3-4,9H2,1-2H3/t10-/m0/s1. The normalized spacial score (nSPS) is 15.0. The minimum absolute atomic E-state index is 0.335. The summed E-state index contributed by atoms with van der Waals surface area (Å²) < 4.78 is 5.05. The fourth-order valence-corrected chi connectivity index (χ4v) is 1.99. The molecule has 1 aliphatic rings. The lowest BCUT2D eigenvalue weighted by molar-refractivity contribution is -0.146. The molecule has 0 aliphatic carbocycles. The number of hydrazine groups is 1. The first-order valence-electron chi connectivity index (χ1n) is 6.97. The zero-order valence-electron chi connectivity index (χ0n) is 12.1. The summed E-state index contributed by atoms with van der Waals surface area (Å²) in [7, 11) is 0. The van der Waals surface area contributed by atoms with E-state index in [9.17, 15) is 14.4 Å². The maximum Gasteiger partial charge on any atom is 0.324 e. The van der Waals surface area contributed by atoms with Gasteiger partial charge in [-0.1, -0.05) is 25.5 Å². The van der Waals surface area contributed by atoms with Crippen LogP contribution in [0.3, 0.4) is 0 Å². The summed E-state index contributed by atoms with van der Waals surface area (Å²) in [6, 6.07) is 5.78. The van der Waals surface area contributed by atoms with E-state index in [1.54, 1.807) is 31.2 Å². The molecule has 1 N–H and O–H groups in total. The molecular weight excluding hydrogens is 272 g/mol. The number of imide groups is 1. The molecule has 21 heavy (non-hydrogen) atoms. The van der Waals surface area contributed by atoms with Crippen LogP contribution < -0.4 is 5.43 Å². The Balaban J connectivity index is 2.00. The first-order valence-corrected chi connectivity index (χ1v) is 6.97. The van der Waals surface area contributed by atoms with Crippen LogP contribution >= 0.6 is 0 Å². The number of benzene rings is 1. The van der Waals surface area contributed by atoms with Gasteiger partial charge in [0.25, 0.3) is 11.8 Å². The Labute approximate surface area is 123 Å². The van der Waals surface area contributed by atoms with Gasteiger partial charge in [-0.3, -0.25) is 14.4 Å². The van der Waals surface area contributed by atoms with E-state index in [0.29, 0.717) is 17.7 Å². The van der Waals surface area contributed by atoms with E-state index in [1.165, 1.54) is 0 Å². The summed E-state index contributed by atoms with van der Waals surface area (Å²) in [6.45, 7) is 3.88. The van der Waals surface area contributed by atoms with Crippen LogP contribution in [0.15, 0.2) is 24.3 Å². The van der Waals surface area contributed by atoms with E-state index in [-0.39, 0.29) is 0 Å². The van der Waals surface area contributed by atoms with Crippen LogP contribution in [0.4, 0.5) is 0 Å². The molecule has 1 atom stereocenters.